The second-order valence-corrected chi connectivity index (χ2v) is 8.74. The molecule has 2 aliphatic heterocycles. The van der Waals surface area contributed by atoms with E-state index in [2.05, 4.69) is 55.5 Å². The number of H-pyrrole nitrogens is 1. The molecule has 0 radical (unpaired) electrons. The number of imidazole rings is 1. The van der Waals surface area contributed by atoms with E-state index < -0.39 is 0 Å². The molecule has 2 fully saturated rings. The third-order valence-corrected chi connectivity index (χ3v) is 6.61. The molecule has 31 heavy (non-hydrogen) atoms. The van der Waals surface area contributed by atoms with Crippen molar-refractivity contribution in [1.82, 2.24) is 30.1 Å². The van der Waals surface area contributed by atoms with E-state index in [1.165, 1.54) is 5.56 Å². The second kappa shape index (κ2) is 9.06. The molecule has 0 saturated carbocycles. The smallest absolute Gasteiger partial charge is 0.317 e. The van der Waals surface area contributed by atoms with Crippen molar-refractivity contribution in [3.05, 3.63) is 60.0 Å². The zero-order valence-electron chi connectivity index (χ0n) is 17.8. The Morgan fingerprint density at radius 1 is 1.00 bits per heavy atom. The first-order valence-electron chi connectivity index (χ1n) is 11.4. The van der Waals surface area contributed by atoms with Crippen molar-refractivity contribution >= 4 is 17.2 Å². The standard InChI is InChI=1S/C24H30N6O/c31-24(26-20-10-13-29(14-11-20)17-18-5-2-1-3-6-18)30-15-8-19(9-16-30)22-27-21-7-4-12-25-23(21)28-22/h1-7,12,19-20H,8-11,13-17H2,(H,26,31)(H,25,27,28). The first-order chi connectivity index (χ1) is 15.2. The van der Waals surface area contributed by atoms with Gasteiger partial charge in [0.1, 0.15) is 5.82 Å². The zero-order valence-corrected chi connectivity index (χ0v) is 17.8. The molecule has 2 amide bonds. The van der Waals surface area contributed by atoms with Crippen LogP contribution in [0.4, 0.5) is 4.79 Å². The number of benzene rings is 1. The number of amides is 2. The van der Waals surface area contributed by atoms with Crippen LogP contribution in [-0.4, -0.2) is 63.0 Å². The minimum Gasteiger partial charge on any atom is -0.340 e. The summed E-state index contributed by atoms with van der Waals surface area (Å²) < 4.78 is 0. The van der Waals surface area contributed by atoms with Crippen molar-refractivity contribution in [2.24, 2.45) is 0 Å². The highest BCUT2D eigenvalue weighted by Crippen LogP contribution is 2.27. The maximum absolute atomic E-state index is 12.8. The molecule has 162 valence electrons. The van der Waals surface area contributed by atoms with Gasteiger partial charge >= 0.3 is 6.03 Å². The van der Waals surface area contributed by atoms with Crippen LogP contribution in [0.3, 0.4) is 0 Å². The number of carbonyl (C=O) groups is 1. The summed E-state index contributed by atoms with van der Waals surface area (Å²) in [4.78, 5) is 29.6. The van der Waals surface area contributed by atoms with Crippen LogP contribution in [-0.2, 0) is 6.54 Å². The maximum atomic E-state index is 12.8. The first-order valence-corrected chi connectivity index (χ1v) is 11.4. The molecule has 4 heterocycles. The SMILES string of the molecule is O=C(NC1CCN(Cc2ccccc2)CC1)N1CCC(c2nc3ncccc3[nH]2)CC1. The number of nitrogens with zero attached hydrogens (tertiary/aromatic N) is 4. The lowest BCUT2D eigenvalue weighted by molar-refractivity contribution is 0.159. The van der Waals surface area contributed by atoms with Crippen LogP contribution in [0.15, 0.2) is 48.7 Å². The number of likely N-dealkylation sites (tertiary alicyclic amines) is 2. The molecule has 2 aromatic heterocycles. The lowest BCUT2D eigenvalue weighted by Crippen LogP contribution is -2.50. The molecule has 0 bridgehead atoms. The van der Waals surface area contributed by atoms with Crippen LogP contribution < -0.4 is 5.32 Å². The molecule has 5 rings (SSSR count). The number of pyridine rings is 1. The Bertz CT molecular complexity index is 970. The Morgan fingerprint density at radius 3 is 2.52 bits per heavy atom. The van der Waals surface area contributed by atoms with Gasteiger partial charge in [-0.3, -0.25) is 4.90 Å². The van der Waals surface area contributed by atoms with Gasteiger partial charge in [0.25, 0.3) is 0 Å². The Morgan fingerprint density at radius 2 is 1.77 bits per heavy atom. The van der Waals surface area contributed by atoms with Gasteiger partial charge in [-0.25, -0.2) is 14.8 Å². The number of rotatable bonds is 4. The van der Waals surface area contributed by atoms with Crippen LogP contribution in [0.5, 0.6) is 0 Å². The Labute approximate surface area is 182 Å². The number of nitrogens with one attached hydrogen (secondary N) is 2. The van der Waals surface area contributed by atoms with Crippen molar-refractivity contribution in [3.63, 3.8) is 0 Å². The molecule has 0 atom stereocenters. The van der Waals surface area contributed by atoms with Crippen LogP contribution in [0.2, 0.25) is 0 Å². The molecule has 7 nitrogen and oxygen atoms in total. The van der Waals surface area contributed by atoms with Crippen LogP contribution in [0.1, 0.15) is 43.0 Å². The monoisotopic (exact) mass is 418 g/mol. The summed E-state index contributed by atoms with van der Waals surface area (Å²) in [6.07, 6.45) is 5.67. The highest BCUT2D eigenvalue weighted by molar-refractivity contribution is 5.74. The predicted molar refractivity (Wildman–Crippen MR) is 121 cm³/mol. The van der Waals surface area contributed by atoms with E-state index >= 15 is 0 Å². The molecule has 7 heteroatoms. The van der Waals surface area contributed by atoms with E-state index in [-0.39, 0.29) is 12.1 Å². The van der Waals surface area contributed by atoms with Gasteiger partial charge in [-0.05, 0) is 43.4 Å². The number of aromatic nitrogens is 3. The molecule has 0 spiro atoms. The van der Waals surface area contributed by atoms with Crippen molar-refractivity contribution in [2.75, 3.05) is 26.2 Å². The lowest BCUT2D eigenvalue weighted by Gasteiger charge is -2.35. The van der Waals surface area contributed by atoms with E-state index in [0.29, 0.717) is 5.92 Å². The van der Waals surface area contributed by atoms with Crippen molar-refractivity contribution < 1.29 is 4.79 Å². The lowest BCUT2D eigenvalue weighted by atomic mass is 9.96. The minimum atomic E-state index is 0.0891. The van der Waals surface area contributed by atoms with E-state index in [1.54, 1.807) is 6.20 Å². The van der Waals surface area contributed by atoms with Gasteiger partial charge in [0.2, 0.25) is 0 Å². The zero-order chi connectivity index (χ0) is 21.0. The predicted octanol–water partition coefficient (Wildman–Crippen LogP) is 3.51. The largest absolute Gasteiger partial charge is 0.340 e. The van der Waals surface area contributed by atoms with Gasteiger partial charge in [-0.2, -0.15) is 0 Å². The van der Waals surface area contributed by atoms with Gasteiger partial charge < -0.3 is 15.2 Å². The van der Waals surface area contributed by atoms with Gasteiger partial charge in [0, 0.05) is 50.9 Å². The van der Waals surface area contributed by atoms with Gasteiger partial charge in [0.15, 0.2) is 5.65 Å². The number of urea groups is 1. The summed E-state index contributed by atoms with van der Waals surface area (Å²) in [5.41, 5.74) is 3.11. The molecular formula is C24H30N6O. The van der Waals surface area contributed by atoms with Gasteiger partial charge in [-0.1, -0.05) is 30.3 Å². The number of carbonyl (C=O) groups excluding carboxylic acids is 1. The Hall–Kier alpha value is -2.93. The average molecular weight is 419 g/mol. The number of hydrogen-bond acceptors (Lipinski definition) is 4. The Balaban J connectivity index is 1.07. The summed E-state index contributed by atoms with van der Waals surface area (Å²) in [7, 11) is 0. The van der Waals surface area contributed by atoms with E-state index in [4.69, 9.17) is 0 Å². The average Bonchev–Trinajstić information content (AvgIpc) is 3.25. The quantitative estimate of drug-likeness (QED) is 0.680. The topological polar surface area (TPSA) is 77.2 Å². The normalized spacial score (nSPS) is 19.0. The highest BCUT2D eigenvalue weighted by atomic mass is 16.2. The first kappa shape index (κ1) is 20.0. The van der Waals surface area contributed by atoms with Gasteiger partial charge in [0.05, 0.1) is 5.52 Å². The van der Waals surface area contributed by atoms with Crippen molar-refractivity contribution in [1.29, 1.82) is 0 Å². The summed E-state index contributed by atoms with van der Waals surface area (Å²) in [5, 5.41) is 3.28. The molecule has 2 aliphatic rings. The van der Waals surface area contributed by atoms with Gasteiger partial charge in [-0.15, -0.1) is 0 Å². The molecule has 0 unspecified atom stereocenters. The molecule has 3 aromatic rings. The van der Waals surface area contributed by atoms with Crippen LogP contribution in [0, 0.1) is 0 Å². The second-order valence-electron chi connectivity index (χ2n) is 8.74. The third-order valence-electron chi connectivity index (χ3n) is 6.61. The molecule has 2 N–H and O–H groups in total. The summed E-state index contributed by atoms with van der Waals surface area (Å²) in [5.74, 6) is 1.36. The Kier molecular flexibility index (Phi) is 5.84. The van der Waals surface area contributed by atoms with Crippen LogP contribution in [0.25, 0.3) is 11.2 Å². The summed E-state index contributed by atoms with van der Waals surface area (Å²) >= 11 is 0. The number of fused-ring (bicyclic) bond motifs is 1. The minimum absolute atomic E-state index is 0.0891. The van der Waals surface area contributed by atoms with E-state index in [1.807, 2.05) is 17.0 Å². The summed E-state index contributed by atoms with van der Waals surface area (Å²) in [6.45, 7) is 4.60. The van der Waals surface area contributed by atoms with E-state index in [0.717, 1.165) is 75.4 Å². The highest BCUT2D eigenvalue weighted by Gasteiger charge is 2.28. The molecule has 1 aromatic carbocycles. The van der Waals surface area contributed by atoms with Crippen molar-refractivity contribution in [2.45, 2.75) is 44.2 Å². The fraction of sp³-hybridized carbons (Fsp3) is 0.458. The molecule has 2 saturated heterocycles. The number of piperidine rings is 2. The molecular weight excluding hydrogens is 388 g/mol. The maximum Gasteiger partial charge on any atom is 0.317 e. The number of aromatic amines is 1. The van der Waals surface area contributed by atoms with Crippen molar-refractivity contribution in [3.8, 4) is 0 Å². The fourth-order valence-corrected chi connectivity index (χ4v) is 4.76. The summed E-state index contributed by atoms with van der Waals surface area (Å²) in [6, 6.07) is 14.9. The third kappa shape index (κ3) is 4.71. The van der Waals surface area contributed by atoms with Crippen LogP contribution >= 0.6 is 0 Å². The number of hydrogen-bond donors (Lipinski definition) is 2. The fourth-order valence-electron chi connectivity index (χ4n) is 4.76. The van der Waals surface area contributed by atoms with E-state index in [9.17, 15) is 4.79 Å². The molecule has 0 aliphatic carbocycles.